The fraction of sp³-hybridized carbons (Fsp3) is 0.222. The van der Waals surface area contributed by atoms with Crippen molar-refractivity contribution in [2.75, 3.05) is 13.7 Å². The predicted molar refractivity (Wildman–Crippen MR) is 105 cm³/mol. The van der Waals surface area contributed by atoms with E-state index in [0.29, 0.717) is 11.3 Å². The van der Waals surface area contributed by atoms with Crippen LogP contribution in [0.4, 0.5) is 0 Å². The molecule has 0 aliphatic heterocycles. The lowest BCUT2D eigenvalue weighted by Gasteiger charge is -2.14. The van der Waals surface area contributed by atoms with Crippen LogP contribution in [0.5, 0.6) is 5.75 Å². The zero-order valence-corrected chi connectivity index (χ0v) is 17.3. The van der Waals surface area contributed by atoms with Crippen LogP contribution < -0.4 is 9.46 Å². The Bertz CT molecular complexity index is 993. The van der Waals surface area contributed by atoms with Gasteiger partial charge in [-0.2, -0.15) is 4.72 Å². The van der Waals surface area contributed by atoms with Gasteiger partial charge in [0.15, 0.2) is 12.4 Å². The van der Waals surface area contributed by atoms with Gasteiger partial charge in [-0.15, -0.1) is 0 Å². The maximum Gasteiger partial charge on any atom is 0.324 e. The largest absolute Gasteiger partial charge is 0.497 e. The van der Waals surface area contributed by atoms with Crippen LogP contribution in [0.15, 0.2) is 47.4 Å². The summed E-state index contributed by atoms with van der Waals surface area (Å²) in [6.07, 6.45) is 0. The van der Waals surface area contributed by atoms with E-state index in [9.17, 15) is 18.0 Å². The first-order valence-electron chi connectivity index (χ1n) is 7.95. The Balaban J connectivity index is 1.98. The molecule has 2 aromatic carbocycles. The lowest BCUT2D eigenvalue weighted by atomic mass is 10.1. The van der Waals surface area contributed by atoms with E-state index in [1.165, 1.54) is 32.2 Å². The summed E-state index contributed by atoms with van der Waals surface area (Å²) in [4.78, 5) is 24.0. The van der Waals surface area contributed by atoms with Crippen LogP contribution in [0.3, 0.4) is 0 Å². The molecule has 1 atom stereocenters. The van der Waals surface area contributed by atoms with Gasteiger partial charge in [0.1, 0.15) is 11.8 Å². The Kier molecular flexibility index (Phi) is 7.42. The van der Waals surface area contributed by atoms with Crippen molar-refractivity contribution in [2.45, 2.75) is 17.9 Å². The summed E-state index contributed by atoms with van der Waals surface area (Å²) >= 11 is 11.6. The van der Waals surface area contributed by atoms with Gasteiger partial charge in [-0.1, -0.05) is 35.3 Å². The number of esters is 1. The minimum Gasteiger partial charge on any atom is -0.497 e. The molecule has 0 saturated heterocycles. The third-order valence-corrected chi connectivity index (χ3v) is 5.90. The van der Waals surface area contributed by atoms with Crippen LogP contribution in [0.2, 0.25) is 10.0 Å². The number of carbonyl (C=O) groups is 2. The second kappa shape index (κ2) is 9.38. The number of hydrogen-bond donors (Lipinski definition) is 1. The molecule has 150 valence electrons. The quantitative estimate of drug-likeness (QED) is 0.494. The van der Waals surface area contributed by atoms with Gasteiger partial charge in [0.25, 0.3) is 0 Å². The highest BCUT2D eigenvalue weighted by Gasteiger charge is 2.24. The number of carbonyl (C=O) groups excluding carboxylic acids is 2. The van der Waals surface area contributed by atoms with Crippen LogP contribution in [0.25, 0.3) is 0 Å². The summed E-state index contributed by atoms with van der Waals surface area (Å²) in [7, 11) is -2.58. The minimum absolute atomic E-state index is 0.0589. The van der Waals surface area contributed by atoms with Gasteiger partial charge >= 0.3 is 5.97 Å². The van der Waals surface area contributed by atoms with E-state index in [4.69, 9.17) is 32.7 Å². The van der Waals surface area contributed by atoms with E-state index in [1.54, 1.807) is 18.2 Å². The minimum atomic E-state index is -4.04. The number of methoxy groups -OCH3 is 1. The molecule has 0 saturated carbocycles. The molecule has 0 unspecified atom stereocenters. The zero-order valence-electron chi connectivity index (χ0n) is 14.9. The van der Waals surface area contributed by atoms with Crippen LogP contribution in [-0.4, -0.2) is 39.9 Å². The Labute approximate surface area is 172 Å². The van der Waals surface area contributed by atoms with Gasteiger partial charge in [-0.25, -0.2) is 8.42 Å². The van der Waals surface area contributed by atoms with E-state index >= 15 is 0 Å². The summed E-state index contributed by atoms with van der Waals surface area (Å²) in [5.74, 6) is -0.869. The molecule has 0 aromatic heterocycles. The van der Waals surface area contributed by atoms with Crippen molar-refractivity contribution < 1.29 is 27.5 Å². The number of nitrogens with one attached hydrogen (secondary N) is 1. The van der Waals surface area contributed by atoms with E-state index in [1.807, 2.05) is 0 Å². The average Bonchev–Trinajstić information content (AvgIpc) is 2.67. The number of ether oxygens (including phenoxy) is 2. The number of ketones is 1. The van der Waals surface area contributed by atoms with Crippen molar-refractivity contribution >= 4 is 45.0 Å². The lowest BCUT2D eigenvalue weighted by molar-refractivity contribution is -0.144. The van der Waals surface area contributed by atoms with E-state index in [-0.39, 0.29) is 14.9 Å². The SMILES string of the molecule is COc1cccc(C(=O)COC(=O)[C@H](C)NS(=O)(=O)c2ccc(Cl)c(Cl)c2)c1. The Morgan fingerprint density at radius 2 is 1.82 bits per heavy atom. The molecule has 0 heterocycles. The first kappa shape index (κ1) is 22.2. The predicted octanol–water partition coefficient (Wildman–Crippen LogP) is 3.09. The molecular weight excluding hydrogens is 429 g/mol. The molecule has 10 heteroatoms. The molecule has 0 aliphatic rings. The Morgan fingerprint density at radius 1 is 1.11 bits per heavy atom. The topological polar surface area (TPSA) is 98.8 Å². The molecule has 2 aromatic rings. The highest BCUT2D eigenvalue weighted by atomic mass is 35.5. The van der Waals surface area contributed by atoms with Crippen molar-refractivity contribution in [1.29, 1.82) is 0 Å². The first-order chi connectivity index (χ1) is 13.1. The number of Topliss-reactive ketones (excluding diaryl/α,β-unsaturated/α-hetero) is 1. The maximum absolute atomic E-state index is 12.3. The van der Waals surface area contributed by atoms with Gasteiger partial charge in [-0.3, -0.25) is 9.59 Å². The fourth-order valence-electron chi connectivity index (χ4n) is 2.13. The number of sulfonamides is 1. The van der Waals surface area contributed by atoms with Gasteiger partial charge in [0, 0.05) is 5.56 Å². The molecular formula is C18H17Cl2NO6S. The summed E-state index contributed by atoms with van der Waals surface area (Å²) in [6, 6.07) is 8.87. The summed E-state index contributed by atoms with van der Waals surface area (Å²) in [6.45, 7) is 0.762. The second-order valence-electron chi connectivity index (χ2n) is 5.68. The van der Waals surface area contributed by atoms with Crippen molar-refractivity contribution in [3.8, 4) is 5.75 Å². The van der Waals surface area contributed by atoms with Gasteiger partial charge < -0.3 is 9.47 Å². The van der Waals surface area contributed by atoms with Gasteiger partial charge in [-0.05, 0) is 37.3 Å². The smallest absolute Gasteiger partial charge is 0.324 e. The van der Waals surface area contributed by atoms with Crippen molar-refractivity contribution in [3.63, 3.8) is 0 Å². The first-order valence-corrected chi connectivity index (χ1v) is 10.2. The van der Waals surface area contributed by atoms with E-state index in [0.717, 1.165) is 6.07 Å². The van der Waals surface area contributed by atoms with Gasteiger partial charge in [0.2, 0.25) is 10.0 Å². The van der Waals surface area contributed by atoms with Crippen LogP contribution >= 0.6 is 23.2 Å². The Morgan fingerprint density at radius 3 is 2.46 bits per heavy atom. The third-order valence-electron chi connectivity index (χ3n) is 3.62. The molecule has 0 aliphatic carbocycles. The average molecular weight is 446 g/mol. The van der Waals surface area contributed by atoms with Crippen molar-refractivity contribution in [3.05, 3.63) is 58.1 Å². The molecule has 0 radical (unpaired) electrons. The summed E-state index contributed by atoms with van der Waals surface area (Å²) in [5.41, 5.74) is 0.302. The van der Waals surface area contributed by atoms with Crippen molar-refractivity contribution in [2.24, 2.45) is 0 Å². The number of halogens is 2. The van der Waals surface area contributed by atoms with E-state index < -0.39 is 34.4 Å². The molecule has 1 N–H and O–H groups in total. The number of rotatable bonds is 8. The van der Waals surface area contributed by atoms with E-state index in [2.05, 4.69) is 4.72 Å². The number of hydrogen-bond acceptors (Lipinski definition) is 6. The normalized spacial score (nSPS) is 12.3. The van der Waals surface area contributed by atoms with Crippen LogP contribution in [-0.2, 0) is 19.6 Å². The molecule has 7 nitrogen and oxygen atoms in total. The second-order valence-corrected chi connectivity index (χ2v) is 8.21. The molecule has 28 heavy (non-hydrogen) atoms. The molecule has 0 spiro atoms. The van der Waals surface area contributed by atoms with Crippen LogP contribution in [0.1, 0.15) is 17.3 Å². The van der Waals surface area contributed by atoms with Gasteiger partial charge in [0.05, 0.1) is 22.1 Å². The van der Waals surface area contributed by atoms with Crippen LogP contribution in [0, 0.1) is 0 Å². The standard InChI is InChI=1S/C18H17Cl2NO6S/c1-11(21-28(24,25)14-6-7-15(19)16(20)9-14)18(23)27-10-17(22)12-4-3-5-13(8-12)26-2/h3-9,11,21H,10H2,1-2H3/t11-/m0/s1. The molecule has 0 bridgehead atoms. The Hall–Kier alpha value is -2.13. The summed E-state index contributed by atoms with van der Waals surface area (Å²) < 4.78 is 36.8. The highest BCUT2D eigenvalue weighted by molar-refractivity contribution is 7.89. The third kappa shape index (κ3) is 5.68. The molecule has 2 rings (SSSR count). The number of benzene rings is 2. The monoisotopic (exact) mass is 445 g/mol. The highest BCUT2D eigenvalue weighted by Crippen LogP contribution is 2.24. The molecule has 0 amide bonds. The fourth-order valence-corrected chi connectivity index (χ4v) is 3.72. The maximum atomic E-state index is 12.3. The molecule has 0 fully saturated rings. The zero-order chi connectivity index (χ0) is 20.9. The lowest BCUT2D eigenvalue weighted by Crippen LogP contribution is -2.40. The van der Waals surface area contributed by atoms with Crippen molar-refractivity contribution in [1.82, 2.24) is 4.72 Å². The summed E-state index contributed by atoms with van der Waals surface area (Å²) in [5, 5.41) is 0.257.